The van der Waals surface area contributed by atoms with Crippen molar-refractivity contribution in [3.05, 3.63) is 41.7 Å². The average molecular weight is 246 g/mol. The Morgan fingerprint density at radius 3 is 2.72 bits per heavy atom. The largest absolute Gasteiger partial charge is 0.494 e. The zero-order valence-corrected chi connectivity index (χ0v) is 10.5. The third kappa shape index (κ3) is 3.30. The van der Waals surface area contributed by atoms with E-state index in [2.05, 4.69) is 10.3 Å². The lowest BCUT2D eigenvalue weighted by Gasteiger charge is -2.04. The SMILES string of the molecule is CCOc1ccc(Cn2cc(CCN)nn2)cc1. The zero-order chi connectivity index (χ0) is 12.8. The molecule has 0 unspecified atom stereocenters. The van der Waals surface area contributed by atoms with Crippen LogP contribution in [-0.4, -0.2) is 28.1 Å². The van der Waals surface area contributed by atoms with Crippen LogP contribution in [0.2, 0.25) is 0 Å². The third-order valence-electron chi connectivity index (χ3n) is 2.57. The number of nitrogens with two attached hydrogens (primary N) is 1. The lowest BCUT2D eigenvalue weighted by atomic mass is 10.2. The molecule has 0 amide bonds. The van der Waals surface area contributed by atoms with Gasteiger partial charge in [-0.15, -0.1) is 5.10 Å². The number of hydrogen-bond donors (Lipinski definition) is 1. The standard InChI is InChI=1S/C13H18N4O/c1-2-18-13-5-3-11(4-6-13)9-17-10-12(7-8-14)15-16-17/h3-6,10H,2,7-9,14H2,1H3. The summed E-state index contributed by atoms with van der Waals surface area (Å²) >= 11 is 0. The Balaban J connectivity index is 1.99. The molecular weight excluding hydrogens is 228 g/mol. The van der Waals surface area contributed by atoms with Crippen molar-refractivity contribution in [2.45, 2.75) is 19.9 Å². The van der Waals surface area contributed by atoms with Crippen LogP contribution in [0.1, 0.15) is 18.2 Å². The Morgan fingerprint density at radius 1 is 1.28 bits per heavy atom. The monoisotopic (exact) mass is 246 g/mol. The second-order valence-electron chi connectivity index (χ2n) is 4.02. The van der Waals surface area contributed by atoms with Gasteiger partial charge in [0.1, 0.15) is 5.75 Å². The molecule has 96 valence electrons. The van der Waals surface area contributed by atoms with Gasteiger partial charge in [0.05, 0.1) is 18.8 Å². The van der Waals surface area contributed by atoms with Crippen molar-refractivity contribution in [1.29, 1.82) is 0 Å². The molecule has 1 aromatic heterocycles. The fourth-order valence-corrected chi connectivity index (χ4v) is 1.72. The molecule has 0 bridgehead atoms. The number of aromatic nitrogens is 3. The van der Waals surface area contributed by atoms with Crippen LogP contribution in [0, 0.1) is 0 Å². The molecule has 5 heteroatoms. The van der Waals surface area contributed by atoms with Gasteiger partial charge in [-0.3, -0.25) is 0 Å². The summed E-state index contributed by atoms with van der Waals surface area (Å²) in [4.78, 5) is 0. The Kier molecular flexibility index (Phi) is 4.30. The van der Waals surface area contributed by atoms with E-state index in [1.807, 2.05) is 42.1 Å². The summed E-state index contributed by atoms with van der Waals surface area (Å²) in [6.07, 6.45) is 2.70. The van der Waals surface area contributed by atoms with Crippen LogP contribution < -0.4 is 10.5 Å². The van der Waals surface area contributed by atoms with Crippen molar-refractivity contribution in [3.63, 3.8) is 0 Å². The van der Waals surface area contributed by atoms with Crippen molar-refractivity contribution < 1.29 is 4.74 Å². The van der Waals surface area contributed by atoms with Gasteiger partial charge in [0.2, 0.25) is 0 Å². The smallest absolute Gasteiger partial charge is 0.119 e. The maximum Gasteiger partial charge on any atom is 0.119 e. The fraction of sp³-hybridized carbons (Fsp3) is 0.385. The zero-order valence-electron chi connectivity index (χ0n) is 10.5. The van der Waals surface area contributed by atoms with Crippen molar-refractivity contribution in [3.8, 4) is 5.75 Å². The molecule has 1 aromatic carbocycles. The molecule has 2 aromatic rings. The minimum absolute atomic E-state index is 0.599. The van der Waals surface area contributed by atoms with Crippen LogP contribution in [0.4, 0.5) is 0 Å². The summed E-state index contributed by atoms with van der Waals surface area (Å²) in [5.74, 6) is 0.892. The van der Waals surface area contributed by atoms with Gasteiger partial charge >= 0.3 is 0 Å². The second-order valence-corrected chi connectivity index (χ2v) is 4.02. The van der Waals surface area contributed by atoms with Crippen LogP contribution in [0.15, 0.2) is 30.5 Å². The van der Waals surface area contributed by atoms with Gasteiger partial charge in [0.25, 0.3) is 0 Å². The molecule has 0 atom stereocenters. The van der Waals surface area contributed by atoms with Crippen molar-refractivity contribution in [1.82, 2.24) is 15.0 Å². The first-order chi connectivity index (χ1) is 8.81. The highest BCUT2D eigenvalue weighted by Crippen LogP contribution is 2.12. The van der Waals surface area contributed by atoms with Gasteiger partial charge in [-0.25, -0.2) is 4.68 Å². The van der Waals surface area contributed by atoms with E-state index in [4.69, 9.17) is 10.5 Å². The lowest BCUT2D eigenvalue weighted by molar-refractivity contribution is 0.340. The van der Waals surface area contributed by atoms with Crippen LogP contribution in [0.25, 0.3) is 0 Å². The van der Waals surface area contributed by atoms with Crippen LogP contribution >= 0.6 is 0 Å². The second kappa shape index (κ2) is 6.16. The minimum Gasteiger partial charge on any atom is -0.494 e. The molecule has 0 aliphatic rings. The van der Waals surface area contributed by atoms with E-state index < -0.39 is 0 Å². The van der Waals surface area contributed by atoms with Gasteiger partial charge in [-0.05, 0) is 31.2 Å². The van der Waals surface area contributed by atoms with Crippen LogP contribution in [0.5, 0.6) is 5.75 Å². The summed E-state index contributed by atoms with van der Waals surface area (Å²) in [7, 11) is 0. The van der Waals surface area contributed by atoms with E-state index in [0.717, 1.165) is 17.9 Å². The molecule has 0 saturated heterocycles. The van der Waals surface area contributed by atoms with Crippen LogP contribution in [-0.2, 0) is 13.0 Å². The quantitative estimate of drug-likeness (QED) is 0.832. The van der Waals surface area contributed by atoms with Gasteiger partial charge in [0.15, 0.2) is 0 Å². The molecule has 18 heavy (non-hydrogen) atoms. The molecule has 5 nitrogen and oxygen atoms in total. The van der Waals surface area contributed by atoms with Gasteiger partial charge in [-0.1, -0.05) is 17.3 Å². The molecule has 2 rings (SSSR count). The topological polar surface area (TPSA) is 66.0 Å². The Hall–Kier alpha value is -1.88. The fourth-order valence-electron chi connectivity index (χ4n) is 1.72. The number of ether oxygens (including phenoxy) is 1. The maximum absolute atomic E-state index is 5.48. The maximum atomic E-state index is 5.48. The number of hydrogen-bond acceptors (Lipinski definition) is 4. The van der Waals surface area contributed by atoms with E-state index >= 15 is 0 Å². The highest BCUT2D eigenvalue weighted by atomic mass is 16.5. The third-order valence-corrected chi connectivity index (χ3v) is 2.57. The molecule has 0 radical (unpaired) electrons. The summed E-state index contributed by atoms with van der Waals surface area (Å²) in [5.41, 5.74) is 7.58. The van der Waals surface area contributed by atoms with E-state index in [1.165, 1.54) is 5.56 Å². The van der Waals surface area contributed by atoms with E-state index in [9.17, 15) is 0 Å². The Bertz CT molecular complexity index is 478. The summed E-state index contributed by atoms with van der Waals surface area (Å²) < 4.78 is 7.22. The van der Waals surface area contributed by atoms with Gasteiger partial charge < -0.3 is 10.5 Å². The van der Waals surface area contributed by atoms with E-state index in [-0.39, 0.29) is 0 Å². The number of rotatable bonds is 6. The Labute approximate surface area is 107 Å². The first-order valence-electron chi connectivity index (χ1n) is 6.12. The van der Waals surface area contributed by atoms with Crippen molar-refractivity contribution in [2.24, 2.45) is 5.73 Å². The highest BCUT2D eigenvalue weighted by Gasteiger charge is 2.01. The van der Waals surface area contributed by atoms with Crippen LogP contribution in [0.3, 0.4) is 0 Å². The lowest BCUT2D eigenvalue weighted by Crippen LogP contribution is -2.03. The normalized spacial score (nSPS) is 10.6. The molecule has 1 heterocycles. The minimum atomic E-state index is 0.599. The average Bonchev–Trinajstić information content (AvgIpc) is 2.80. The predicted octanol–water partition coefficient (Wildman–Crippen LogP) is 1.23. The van der Waals surface area contributed by atoms with Gasteiger partial charge in [-0.2, -0.15) is 0 Å². The Morgan fingerprint density at radius 2 is 2.06 bits per heavy atom. The number of nitrogens with zero attached hydrogens (tertiary/aromatic N) is 3. The van der Waals surface area contributed by atoms with E-state index in [1.54, 1.807) is 0 Å². The van der Waals surface area contributed by atoms with E-state index in [0.29, 0.717) is 19.7 Å². The summed E-state index contributed by atoms with van der Waals surface area (Å²) in [6, 6.07) is 8.01. The molecule has 0 saturated carbocycles. The molecule has 0 fully saturated rings. The van der Waals surface area contributed by atoms with Gasteiger partial charge in [0, 0.05) is 12.6 Å². The van der Waals surface area contributed by atoms with Crippen molar-refractivity contribution >= 4 is 0 Å². The highest BCUT2D eigenvalue weighted by molar-refractivity contribution is 5.27. The summed E-state index contributed by atoms with van der Waals surface area (Å²) in [5, 5.41) is 8.13. The summed E-state index contributed by atoms with van der Waals surface area (Å²) in [6.45, 7) is 3.97. The predicted molar refractivity (Wildman–Crippen MR) is 69.5 cm³/mol. The first-order valence-corrected chi connectivity index (χ1v) is 6.12. The number of benzene rings is 1. The van der Waals surface area contributed by atoms with Crippen molar-refractivity contribution in [2.75, 3.05) is 13.2 Å². The molecule has 2 N–H and O–H groups in total. The molecule has 0 aliphatic carbocycles. The molecule has 0 aliphatic heterocycles. The first kappa shape index (κ1) is 12.6. The molecular formula is C13H18N4O. The molecule has 0 spiro atoms.